The summed E-state index contributed by atoms with van der Waals surface area (Å²) in [7, 11) is 0. The minimum atomic E-state index is -1.04. The summed E-state index contributed by atoms with van der Waals surface area (Å²) < 4.78 is 1.94. The van der Waals surface area contributed by atoms with Gasteiger partial charge in [0.15, 0.2) is 5.65 Å². The second kappa shape index (κ2) is 12.4. The number of nitrogens with one attached hydrogen (secondary N) is 2. The number of carbonyl (C=O) groups excluding carboxylic acids is 2. The monoisotopic (exact) mass is 617 g/mol. The molecule has 46 heavy (non-hydrogen) atoms. The molecule has 2 N–H and O–H groups in total. The van der Waals surface area contributed by atoms with Crippen LogP contribution in [0, 0.1) is 10.1 Å². The second-order valence-electron chi connectivity index (χ2n) is 12.5. The van der Waals surface area contributed by atoms with Crippen LogP contribution in [0.15, 0.2) is 97.5 Å². The maximum atomic E-state index is 14.2. The Balaban J connectivity index is 1.34. The first-order valence-electron chi connectivity index (χ1n) is 15.2. The predicted octanol–water partition coefficient (Wildman–Crippen LogP) is 6.18. The normalized spacial score (nSPS) is 13.6. The number of nitro groups is 1. The van der Waals surface area contributed by atoms with Gasteiger partial charge in [-0.15, -0.1) is 0 Å². The molecule has 2 heterocycles. The Morgan fingerprint density at radius 1 is 1.04 bits per heavy atom. The molecule has 1 fully saturated rings. The van der Waals surface area contributed by atoms with Crippen LogP contribution >= 0.6 is 0 Å². The molecule has 0 aliphatic heterocycles. The van der Waals surface area contributed by atoms with Crippen LogP contribution in [0.3, 0.4) is 0 Å². The van der Waals surface area contributed by atoms with Crippen molar-refractivity contribution >= 4 is 29.0 Å². The number of imidazole rings is 1. The topological polar surface area (TPSA) is 135 Å². The number of nitro benzene ring substituents is 1. The van der Waals surface area contributed by atoms with Gasteiger partial charge in [0, 0.05) is 53.8 Å². The number of benzene rings is 3. The number of aromatic nitrogens is 3. The fourth-order valence-corrected chi connectivity index (χ4v) is 5.51. The quantitative estimate of drug-likeness (QED) is 0.141. The summed E-state index contributed by atoms with van der Waals surface area (Å²) in [5.41, 5.74) is 3.38. The molecule has 3 aromatic carbocycles. The van der Waals surface area contributed by atoms with E-state index in [-0.39, 0.29) is 17.6 Å². The third-order valence-electron chi connectivity index (χ3n) is 7.73. The van der Waals surface area contributed by atoms with Gasteiger partial charge in [-0.2, -0.15) is 0 Å². The first-order valence-corrected chi connectivity index (χ1v) is 15.2. The number of fused-ring (bicyclic) bond motifs is 1. The maximum Gasteiger partial charge on any atom is 0.269 e. The van der Waals surface area contributed by atoms with E-state index < -0.39 is 22.4 Å². The molecule has 0 spiro atoms. The Labute approximate surface area is 266 Å². The van der Waals surface area contributed by atoms with E-state index in [9.17, 15) is 19.7 Å². The molecule has 6 rings (SSSR count). The molecule has 234 valence electrons. The Bertz CT molecular complexity index is 1890. The highest BCUT2D eigenvalue weighted by Crippen LogP contribution is 2.38. The molecule has 5 aromatic rings. The number of nitrogens with zero attached hydrogens (tertiary/aromatic N) is 5. The molecule has 2 amide bonds. The van der Waals surface area contributed by atoms with Gasteiger partial charge >= 0.3 is 0 Å². The summed E-state index contributed by atoms with van der Waals surface area (Å²) in [4.78, 5) is 49.7. The molecule has 2 aromatic heterocycles. The number of carbonyl (C=O) groups is 2. The van der Waals surface area contributed by atoms with E-state index >= 15 is 0 Å². The van der Waals surface area contributed by atoms with Crippen LogP contribution in [0.2, 0.25) is 0 Å². The Morgan fingerprint density at radius 3 is 2.46 bits per heavy atom. The lowest BCUT2D eigenvalue weighted by Gasteiger charge is -2.34. The summed E-state index contributed by atoms with van der Waals surface area (Å²) >= 11 is 0. The standard InChI is InChI=1S/C35H35N7O4/c1-35(2,3)39-33(43)31(26-10-7-11-28(20-26)42(45)46)41(27-16-17-27)34(44)25-14-12-24(13-15-25)30-32(37-21-23-8-5-4-6-9-23)40-19-18-36-22-29(40)38-30/h4-15,18-20,22,27,31,37H,16-17,21H2,1-3H3,(H,39,43). The maximum absolute atomic E-state index is 14.2. The average Bonchev–Trinajstić information content (AvgIpc) is 3.81. The number of hydrogen-bond acceptors (Lipinski definition) is 7. The third-order valence-corrected chi connectivity index (χ3v) is 7.73. The van der Waals surface area contributed by atoms with Gasteiger partial charge in [0.25, 0.3) is 11.6 Å². The molecule has 0 radical (unpaired) electrons. The molecule has 1 saturated carbocycles. The summed E-state index contributed by atoms with van der Waals surface area (Å²) in [6.07, 6.45) is 6.72. The van der Waals surface area contributed by atoms with E-state index in [2.05, 4.69) is 15.6 Å². The van der Waals surface area contributed by atoms with Crippen LogP contribution in [0.1, 0.15) is 61.1 Å². The second-order valence-corrected chi connectivity index (χ2v) is 12.5. The zero-order valence-corrected chi connectivity index (χ0v) is 25.9. The smallest absolute Gasteiger partial charge is 0.269 e. The number of rotatable bonds is 10. The molecule has 1 unspecified atom stereocenters. The molecule has 1 aliphatic carbocycles. The summed E-state index contributed by atoms with van der Waals surface area (Å²) in [5.74, 6) is 0.0816. The van der Waals surface area contributed by atoms with Gasteiger partial charge < -0.3 is 15.5 Å². The van der Waals surface area contributed by atoms with Gasteiger partial charge in [0.1, 0.15) is 17.6 Å². The van der Waals surface area contributed by atoms with E-state index in [1.807, 2.05) is 73.8 Å². The Kier molecular flexibility index (Phi) is 8.23. The van der Waals surface area contributed by atoms with Crippen molar-refractivity contribution < 1.29 is 14.5 Å². The van der Waals surface area contributed by atoms with E-state index in [0.29, 0.717) is 29.0 Å². The number of hydrogen-bond donors (Lipinski definition) is 2. The van der Waals surface area contributed by atoms with E-state index in [4.69, 9.17) is 4.98 Å². The van der Waals surface area contributed by atoms with Crippen LogP contribution in [0.25, 0.3) is 16.9 Å². The van der Waals surface area contributed by atoms with Gasteiger partial charge in [-0.05, 0) is 56.9 Å². The fraction of sp³-hybridized carbons (Fsp3) is 0.257. The molecule has 1 aliphatic rings. The van der Waals surface area contributed by atoms with Crippen molar-refractivity contribution in [1.82, 2.24) is 24.6 Å². The van der Waals surface area contributed by atoms with Crippen molar-refractivity contribution in [3.63, 3.8) is 0 Å². The van der Waals surface area contributed by atoms with Gasteiger partial charge in [-0.3, -0.25) is 29.1 Å². The highest BCUT2D eigenvalue weighted by molar-refractivity contribution is 5.99. The van der Waals surface area contributed by atoms with E-state index in [1.165, 1.54) is 12.1 Å². The van der Waals surface area contributed by atoms with Crippen molar-refractivity contribution in [1.29, 1.82) is 0 Å². The lowest BCUT2D eigenvalue weighted by molar-refractivity contribution is -0.384. The lowest BCUT2D eigenvalue weighted by atomic mass is 9.99. The van der Waals surface area contributed by atoms with Gasteiger partial charge in [-0.1, -0.05) is 54.6 Å². The van der Waals surface area contributed by atoms with Crippen molar-refractivity contribution in [2.75, 3.05) is 5.32 Å². The lowest BCUT2D eigenvalue weighted by Crippen LogP contribution is -2.50. The average molecular weight is 618 g/mol. The van der Waals surface area contributed by atoms with Crippen molar-refractivity contribution in [2.45, 2.75) is 57.8 Å². The van der Waals surface area contributed by atoms with Crippen LogP contribution in [-0.4, -0.2) is 47.6 Å². The summed E-state index contributed by atoms with van der Waals surface area (Å²) in [5, 5.41) is 18.1. The number of anilines is 1. The van der Waals surface area contributed by atoms with Crippen LogP contribution in [0.4, 0.5) is 11.5 Å². The summed E-state index contributed by atoms with van der Waals surface area (Å²) in [6.45, 7) is 6.16. The Hall–Kier alpha value is -5.58. The first-order chi connectivity index (χ1) is 22.1. The number of non-ortho nitro benzene ring substituents is 1. The SMILES string of the molecule is CC(C)(C)NC(=O)C(c1cccc([N+](=O)[O-])c1)N(C(=O)c1ccc(-c2nc3cnccn3c2NCc2ccccc2)cc1)C1CC1. The largest absolute Gasteiger partial charge is 0.365 e. The fourth-order valence-electron chi connectivity index (χ4n) is 5.51. The van der Waals surface area contributed by atoms with Crippen LogP contribution < -0.4 is 10.6 Å². The molecule has 0 bridgehead atoms. The minimum absolute atomic E-state index is 0.141. The zero-order valence-electron chi connectivity index (χ0n) is 25.9. The van der Waals surface area contributed by atoms with E-state index in [1.54, 1.807) is 41.6 Å². The van der Waals surface area contributed by atoms with Gasteiger partial charge in [0.05, 0.1) is 11.1 Å². The Morgan fingerprint density at radius 2 is 1.78 bits per heavy atom. The molecule has 1 atom stereocenters. The molecule has 11 heteroatoms. The molecule has 11 nitrogen and oxygen atoms in total. The molecular formula is C35H35N7O4. The van der Waals surface area contributed by atoms with Crippen molar-refractivity contribution in [3.8, 4) is 11.3 Å². The van der Waals surface area contributed by atoms with Gasteiger partial charge in [0.2, 0.25) is 5.91 Å². The van der Waals surface area contributed by atoms with Gasteiger partial charge in [-0.25, -0.2) is 4.98 Å². The molecule has 0 saturated heterocycles. The van der Waals surface area contributed by atoms with Crippen molar-refractivity contribution in [2.24, 2.45) is 0 Å². The van der Waals surface area contributed by atoms with Crippen LogP contribution in [-0.2, 0) is 11.3 Å². The third kappa shape index (κ3) is 6.58. The first kappa shape index (κ1) is 30.4. The van der Waals surface area contributed by atoms with Crippen molar-refractivity contribution in [3.05, 3.63) is 124 Å². The summed E-state index contributed by atoms with van der Waals surface area (Å²) in [6, 6.07) is 22.0. The minimum Gasteiger partial charge on any atom is -0.365 e. The highest BCUT2D eigenvalue weighted by atomic mass is 16.6. The number of amides is 2. The predicted molar refractivity (Wildman–Crippen MR) is 175 cm³/mol. The molecular weight excluding hydrogens is 582 g/mol. The van der Waals surface area contributed by atoms with E-state index in [0.717, 1.165) is 29.8 Å². The van der Waals surface area contributed by atoms with Crippen LogP contribution in [0.5, 0.6) is 0 Å². The zero-order chi connectivity index (χ0) is 32.4. The highest BCUT2D eigenvalue weighted by Gasteiger charge is 2.42.